The predicted octanol–water partition coefficient (Wildman–Crippen LogP) is 1.67. The molecule has 1 unspecified atom stereocenters. The topological polar surface area (TPSA) is 135 Å². The van der Waals surface area contributed by atoms with E-state index in [9.17, 15) is 14.7 Å². The lowest BCUT2D eigenvalue weighted by Crippen LogP contribution is -2.59. The molecule has 1 amide bonds. The molecule has 0 saturated heterocycles. The van der Waals surface area contributed by atoms with Gasteiger partial charge >= 0.3 is 0 Å². The van der Waals surface area contributed by atoms with E-state index in [1.165, 1.54) is 6.20 Å². The van der Waals surface area contributed by atoms with Gasteiger partial charge in [0.15, 0.2) is 5.65 Å². The highest BCUT2D eigenvalue weighted by molar-refractivity contribution is 6.00. The zero-order valence-electron chi connectivity index (χ0n) is 19.4. The molecule has 2 aliphatic carbocycles. The maximum Gasteiger partial charge on any atom is 0.274 e. The number of hydrogen-bond donors (Lipinski definition) is 4. The maximum absolute atomic E-state index is 13.1. The molecule has 0 aliphatic heterocycles. The first kappa shape index (κ1) is 22.4. The van der Waals surface area contributed by atoms with E-state index in [0.29, 0.717) is 35.0 Å². The number of amides is 1. The Morgan fingerprint density at radius 3 is 2.76 bits per heavy atom. The van der Waals surface area contributed by atoms with Gasteiger partial charge in [0.1, 0.15) is 22.9 Å². The number of carbonyl (C=O) groups excluding carboxylic acids is 1. The number of aliphatic hydroxyl groups excluding tert-OH is 1. The molecule has 4 N–H and O–H groups in total. The van der Waals surface area contributed by atoms with Crippen LogP contribution in [-0.4, -0.2) is 62.1 Å². The SMILES string of the molecule is CNc1cc(Nc2cccn([C@@H]3CC[C@@H]3O)c2=O)nc2c(C(=O)NC3CC[C@]3(C)OC)cnn12. The lowest BCUT2D eigenvalue weighted by molar-refractivity contribution is -0.0828. The molecule has 11 heteroatoms. The van der Waals surface area contributed by atoms with Crippen LogP contribution in [0.3, 0.4) is 0 Å². The van der Waals surface area contributed by atoms with Crippen molar-refractivity contribution in [3.8, 4) is 0 Å². The van der Waals surface area contributed by atoms with Gasteiger partial charge < -0.3 is 30.4 Å². The molecule has 11 nitrogen and oxygen atoms in total. The Morgan fingerprint density at radius 1 is 1.32 bits per heavy atom. The summed E-state index contributed by atoms with van der Waals surface area (Å²) in [6, 6.07) is 4.84. The molecule has 0 aromatic carbocycles. The first-order valence-corrected chi connectivity index (χ1v) is 11.4. The molecule has 3 heterocycles. The van der Waals surface area contributed by atoms with Gasteiger partial charge in [-0.2, -0.15) is 9.61 Å². The van der Waals surface area contributed by atoms with Crippen LogP contribution < -0.4 is 21.5 Å². The molecule has 3 aromatic rings. The fraction of sp³-hybridized carbons (Fsp3) is 0.478. The van der Waals surface area contributed by atoms with E-state index in [1.807, 2.05) is 6.92 Å². The molecule has 5 rings (SSSR count). The van der Waals surface area contributed by atoms with Crippen LogP contribution in [0.1, 0.15) is 49.0 Å². The molecule has 3 aromatic heterocycles. The Hall–Kier alpha value is -3.44. The van der Waals surface area contributed by atoms with Crippen LogP contribution in [0.15, 0.2) is 35.4 Å². The number of nitrogens with zero attached hydrogens (tertiary/aromatic N) is 4. The minimum Gasteiger partial charge on any atom is -0.391 e. The van der Waals surface area contributed by atoms with E-state index in [4.69, 9.17) is 4.74 Å². The number of hydrogen-bond acceptors (Lipinski definition) is 8. The standard InChI is InChI=1S/C23H29N7O4/c1-23(34-3)9-8-17(23)27-21(32)13-12-25-30-19(24-2)11-18(28-20(13)30)26-14-5-4-10-29(22(14)33)15-6-7-16(15)31/h4-5,10-12,15-17,24,31H,6-9H2,1-3H3,(H,26,28)(H,27,32)/t15-,16+,17?,23+/m1/s1. The van der Waals surface area contributed by atoms with E-state index in [-0.39, 0.29) is 29.2 Å². The third-order valence-electron chi connectivity index (χ3n) is 7.21. The molecule has 4 atom stereocenters. The summed E-state index contributed by atoms with van der Waals surface area (Å²) < 4.78 is 8.65. The van der Waals surface area contributed by atoms with Gasteiger partial charge in [-0.15, -0.1) is 0 Å². The lowest BCUT2D eigenvalue weighted by Gasteiger charge is -2.45. The first-order chi connectivity index (χ1) is 16.3. The van der Waals surface area contributed by atoms with Crippen molar-refractivity contribution in [3.05, 3.63) is 46.5 Å². The zero-order valence-corrected chi connectivity index (χ0v) is 19.4. The van der Waals surface area contributed by atoms with Crippen molar-refractivity contribution in [2.45, 2.75) is 56.4 Å². The van der Waals surface area contributed by atoms with Crippen LogP contribution in [0, 0.1) is 0 Å². The molecule has 34 heavy (non-hydrogen) atoms. The number of ether oxygens (including phenoxy) is 1. The van der Waals surface area contributed by atoms with Crippen LogP contribution in [0.25, 0.3) is 5.65 Å². The van der Waals surface area contributed by atoms with Crippen LogP contribution >= 0.6 is 0 Å². The third-order valence-corrected chi connectivity index (χ3v) is 7.21. The second-order valence-electron chi connectivity index (χ2n) is 9.12. The molecular formula is C23H29N7O4. The third kappa shape index (κ3) is 3.61. The van der Waals surface area contributed by atoms with Gasteiger partial charge in [0.2, 0.25) is 0 Å². The zero-order chi connectivity index (χ0) is 24.0. The summed E-state index contributed by atoms with van der Waals surface area (Å²) in [6.07, 6.45) is 5.83. The highest BCUT2D eigenvalue weighted by Gasteiger charge is 2.44. The summed E-state index contributed by atoms with van der Waals surface area (Å²) in [5.41, 5.74) is 0.394. The highest BCUT2D eigenvalue weighted by atomic mass is 16.5. The summed E-state index contributed by atoms with van der Waals surface area (Å²) in [7, 11) is 3.39. The van der Waals surface area contributed by atoms with E-state index in [0.717, 1.165) is 19.3 Å². The number of fused-ring (bicyclic) bond motifs is 1. The minimum atomic E-state index is -0.512. The van der Waals surface area contributed by atoms with Crippen molar-refractivity contribution in [1.29, 1.82) is 0 Å². The van der Waals surface area contributed by atoms with Gasteiger partial charge in [-0.1, -0.05) is 0 Å². The fourth-order valence-corrected chi connectivity index (χ4v) is 4.56. The number of aromatic nitrogens is 4. The van der Waals surface area contributed by atoms with E-state index in [1.54, 1.807) is 47.6 Å². The molecule has 2 aliphatic rings. The van der Waals surface area contributed by atoms with E-state index in [2.05, 4.69) is 26.0 Å². The highest BCUT2D eigenvalue weighted by Crippen LogP contribution is 2.35. The normalized spacial score (nSPS) is 25.9. The van der Waals surface area contributed by atoms with Crippen molar-refractivity contribution < 1.29 is 14.6 Å². The maximum atomic E-state index is 13.1. The number of pyridine rings is 1. The van der Waals surface area contributed by atoms with Gasteiger partial charge in [0.05, 0.1) is 30.0 Å². The monoisotopic (exact) mass is 467 g/mol. The smallest absolute Gasteiger partial charge is 0.274 e. The summed E-state index contributed by atoms with van der Waals surface area (Å²) >= 11 is 0. The molecule has 2 fully saturated rings. The lowest BCUT2D eigenvalue weighted by atomic mass is 9.76. The second-order valence-corrected chi connectivity index (χ2v) is 9.12. The summed E-state index contributed by atoms with van der Waals surface area (Å²) in [6.45, 7) is 1.98. The van der Waals surface area contributed by atoms with Gasteiger partial charge in [0, 0.05) is 26.4 Å². The van der Waals surface area contributed by atoms with Gasteiger partial charge in [-0.3, -0.25) is 9.59 Å². The number of rotatable bonds is 7. The van der Waals surface area contributed by atoms with Crippen molar-refractivity contribution in [2.75, 3.05) is 24.8 Å². The van der Waals surface area contributed by atoms with Gasteiger partial charge in [-0.25, -0.2) is 4.98 Å². The Balaban J connectivity index is 1.46. The van der Waals surface area contributed by atoms with E-state index >= 15 is 0 Å². The number of nitrogens with one attached hydrogen (secondary N) is 3. The molecule has 2 saturated carbocycles. The minimum absolute atomic E-state index is 0.0883. The molecular weight excluding hydrogens is 438 g/mol. The predicted molar refractivity (Wildman–Crippen MR) is 127 cm³/mol. The molecule has 0 radical (unpaired) electrons. The van der Waals surface area contributed by atoms with Crippen molar-refractivity contribution in [3.63, 3.8) is 0 Å². The Labute approximate surface area is 196 Å². The number of carbonyl (C=O) groups is 1. The van der Waals surface area contributed by atoms with Gasteiger partial charge in [-0.05, 0) is 44.7 Å². The van der Waals surface area contributed by atoms with Crippen molar-refractivity contribution in [1.82, 2.24) is 24.5 Å². The quantitative estimate of drug-likeness (QED) is 0.412. The molecule has 0 bridgehead atoms. The van der Waals surface area contributed by atoms with Crippen molar-refractivity contribution in [2.24, 2.45) is 0 Å². The van der Waals surface area contributed by atoms with Crippen LogP contribution in [-0.2, 0) is 4.74 Å². The Kier molecular flexibility index (Phi) is 5.53. The van der Waals surface area contributed by atoms with Crippen LogP contribution in [0.2, 0.25) is 0 Å². The number of methoxy groups -OCH3 is 1. The second kappa shape index (κ2) is 8.41. The fourth-order valence-electron chi connectivity index (χ4n) is 4.56. The number of aliphatic hydroxyl groups is 1. The Morgan fingerprint density at radius 2 is 2.15 bits per heavy atom. The van der Waals surface area contributed by atoms with E-state index < -0.39 is 6.10 Å². The van der Waals surface area contributed by atoms with Crippen molar-refractivity contribution >= 4 is 28.9 Å². The molecule has 0 spiro atoms. The summed E-state index contributed by atoms with van der Waals surface area (Å²) in [4.78, 5) is 30.7. The van der Waals surface area contributed by atoms with Crippen LogP contribution in [0.4, 0.5) is 17.3 Å². The first-order valence-electron chi connectivity index (χ1n) is 11.4. The van der Waals surface area contributed by atoms with Gasteiger partial charge in [0.25, 0.3) is 11.5 Å². The average Bonchev–Trinajstić information content (AvgIpc) is 3.26. The Bertz CT molecular complexity index is 1300. The number of anilines is 3. The van der Waals surface area contributed by atoms with Crippen LogP contribution in [0.5, 0.6) is 0 Å². The summed E-state index contributed by atoms with van der Waals surface area (Å²) in [5, 5.41) is 23.5. The molecule has 180 valence electrons. The summed E-state index contributed by atoms with van der Waals surface area (Å²) in [5.74, 6) is 0.707. The average molecular weight is 468 g/mol. The largest absolute Gasteiger partial charge is 0.391 e.